The third-order valence-corrected chi connectivity index (χ3v) is 8.33. The van der Waals surface area contributed by atoms with Gasteiger partial charge in [-0.05, 0) is 63.6 Å². The molecular weight excluding hydrogens is 494 g/mol. The molecule has 39 heavy (non-hydrogen) atoms. The van der Waals surface area contributed by atoms with Gasteiger partial charge in [0.15, 0.2) is 0 Å². The van der Waals surface area contributed by atoms with E-state index in [-0.39, 0.29) is 5.91 Å². The molecule has 10 nitrogen and oxygen atoms in total. The van der Waals surface area contributed by atoms with Gasteiger partial charge in [0.2, 0.25) is 11.8 Å². The molecule has 206 valence electrons. The van der Waals surface area contributed by atoms with Gasteiger partial charge in [0, 0.05) is 56.3 Å². The van der Waals surface area contributed by atoms with Gasteiger partial charge < -0.3 is 29.6 Å². The van der Waals surface area contributed by atoms with Crippen LogP contribution in [-0.2, 0) is 17.8 Å². The average Bonchev–Trinajstić information content (AvgIpc) is 3.59. The van der Waals surface area contributed by atoms with Crippen LogP contribution in [0, 0.1) is 6.92 Å². The minimum Gasteiger partial charge on any atom is -0.462 e. The number of hydrogen-bond acceptors (Lipinski definition) is 9. The number of likely N-dealkylation sites (tertiary alicyclic amines) is 1. The second-order valence-electron chi connectivity index (χ2n) is 10.9. The summed E-state index contributed by atoms with van der Waals surface area (Å²) in [5, 5.41) is 0. The number of aryl methyl sites for hydroxylation is 1. The lowest BCUT2D eigenvalue weighted by molar-refractivity contribution is -0.126. The number of allylic oxidation sites excluding steroid dienone is 1. The van der Waals surface area contributed by atoms with Gasteiger partial charge in [-0.3, -0.25) is 4.79 Å². The fourth-order valence-electron chi connectivity index (χ4n) is 6.03. The van der Waals surface area contributed by atoms with E-state index in [1.165, 1.54) is 18.1 Å². The highest BCUT2D eigenvalue weighted by molar-refractivity contribution is 5.87. The number of hydrogen-bond donors (Lipinski definition) is 2. The Morgan fingerprint density at radius 3 is 2.74 bits per heavy atom. The Kier molecular flexibility index (Phi) is 6.90. The molecule has 0 radical (unpaired) electrons. The number of hydrazine groups is 1. The molecule has 1 atom stereocenters. The Bertz CT molecular complexity index is 1330. The number of piperazine rings is 1. The van der Waals surface area contributed by atoms with E-state index < -0.39 is 0 Å². The van der Waals surface area contributed by atoms with Crippen molar-refractivity contribution in [1.29, 1.82) is 0 Å². The second kappa shape index (κ2) is 10.5. The number of carbonyl (C=O) groups is 1. The molecule has 0 saturated carbocycles. The molecule has 1 amide bonds. The van der Waals surface area contributed by atoms with Crippen molar-refractivity contribution in [2.45, 2.75) is 45.7 Å². The number of aromatic nitrogens is 2. The van der Waals surface area contributed by atoms with E-state index in [4.69, 9.17) is 19.4 Å². The van der Waals surface area contributed by atoms with Gasteiger partial charge in [0.05, 0.1) is 11.3 Å². The summed E-state index contributed by atoms with van der Waals surface area (Å²) in [4.78, 5) is 28.3. The first kappa shape index (κ1) is 25.6. The molecule has 4 aliphatic heterocycles. The van der Waals surface area contributed by atoms with Crippen LogP contribution < -0.4 is 25.2 Å². The number of nitrogens with one attached hydrogen (secondary N) is 2. The van der Waals surface area contributed by atoms with Gasteiger partial charge in [-0.1, -0.05) is 12.6 Å². The molecule has 2 aromatic rings. The van der Waals surface area contributed by atoms with Gasteiger partial charge in [0.1, 0.15) is 18.2 Å². The molecule has 1 unspecified atom stereocenters. The Morgan fingerprint density at radius 1 is 1.18 bits per heavy atom. The van der Waals surface area contributed by atoms with Crippen molar-refractivity contribution in [2.75, 3.05) is 56.7 Å². The van der Waals surface area contributed by atoms with Crippen molar-refractivity contribution >= 4 is 23.2 Å². The normalized spacial score (nSPS) is 20.8. The lowest BCUT2D eigenvalue weighted by Gasteiger charge is -2.36. The van der Waals surface area contributed by atoms with E-state index in [0.717, 1.165) is 59.0 Å². The van der Waals surface area contributed by atoms with Crippen LogP contribution in [0.15, 0.2) is 30.4 Å². The standard InChI is InChI=1S/C29H37N7O3/c1-5-24(37)35-11-13-36(14-12-35)27-21-15-19(3)26(25-18(2)8-9-23-22(25)16-30-33-23)39-28(21)32-29(31-27)38-17-20-7-6-10-34(20)4/h5,8-9,20,30,33H,1,6-7,10-17H2,2-4H3. The van der Waals surface area contributed by atoms with Crippen LogP contribution in [0.3, 0.4) is 0 Å². The zero-order chi connectivity index (χ0) is 27.1. The van der Waals surface area contributed by atoms with E-state index in [1.807, 2.05) is 4.90 Å². The molecule has 2 fully saturated rings. The molecule has 0 spiro atoms. The maximum absolute atomic E-state index is 12.2. The second-order valence-corrected chi connectivity index (χ2v) is 10.9. The number of carbonyl (C=O) groups excluding carboxylic acids is 1. The van der Waals surface area contributed by atoms with Crippen molar-refractivity contribution in [3.8, 4) is 11.9 Å². The summed E-state index contributed by atoms with van der Waals surface area (Å²) < 4.78 is 12.9. The number of likely N-dealkylation sites (N-methyl/N-ethyl adjacent to an activating group) is 1. The summed E-state index contributed by atoms with van der Waals surface area (Å²) in [6.45, 7) is 12.8. The predicted octanol–water partition coefficient (Wildman–Crippen LogP) is 2.89. The van der Waals surface area contributed by atoms with Gasteiger partial charge in [-0.2, -0.15) is 9.97 Å². The van der Waals surface area contributed by atoms with Crippen molar-refractivity contribution in [1.82, 2.24) is 25.2 Å². The largest absolute Gasteiger partial charge is 0.462 e. The number of fused-ring (bicyclic) bond motifs is 2. The fraction of sp³-hybridized carbons (Fsp3) is 0.483. The summed E-state index contributed by atoms with van der Waals surface area (Å²) in [5.74, 6) is 2.20. The molecule has 10 heteroatoms. The average molecular weight is 532 g/mol. The molecule has 2 N–H and O–H groups in total. The Labute approximate surface area is 229 Å². The molecule has 4 aliphatic rings. The first-order valence-electron chi connectivity index (χ1n) is 13.8. The number of benzene rings is 1. The third-order valence-electron chi connectivity index (χ3n) is 8.33. The molecule has 0 bridgehead atoms. The van der Waals surface area contributed by atoms with Crippen molar-refractivity contribution < 1.29 is 14.3 Å². The Balaban J connectivity index is 1.34. The molecule has 5 heterocycles. The first-order chi connectivity index (χ1) is 18.9. The van der Waals surface area contributed by atoms with Crippen molar-refractivity contribution in [3.63, 3.8) is 0 Å². The lowest BCUT2D eigenvalue weighted by atomic mass is 9.93. The van der Waals surface area contributed by atoms with E-state index in [2.05, 4.69) is 60.3 Å². The zero-order valence-corrected chi connectivity index (χ0v) is 23.0. The topological polar surface area (TPSA) is 95.1 Å². The lowest BCUT2D eigenvalue weighted by Crippen LogP contribution is -2.49. The summed E-state index contributed by atoms with van der Waals surface area (Å²) in [6, 6.07) is 4.92. The van der Waals surface area contributed by atoms with Gasteiger partial charge >= 0.3 is 6.01 Å². The Hall–Kier alpha value is -3.63. The summed E-state index contributed by atoms with van der Waals surface area (Å²) in [5.41, 5.74) is 13.1. The highest BCUT2D eigenvalue weighted by Crippen LogP contribution is 2.42. The minimum absolute atomic E-state index is 0.0365. The van der Waals surface area contributed by atoms with Crippen LogP contribution >= 0.6 is 0 Å². The molecule has 2 saturated heterocycles. The highest BCUT2D eigenvalue weighted by atomic mass is 16.5. The Morgan fingerprint density at radius 2 is 2.00 bits per heavy atom. The van der Waals surface area contributed by atoms with Gasteiger partial charge in [-0.25, -0.2) is 5.43 Å². The first-order valence-corrected chi connectivity index (χ1v) is 13.8. The van der Waals surface area contributed by atoms with Crippen LogP contribution in [0.1, 0.15) is 42.0 Å². The number of anilines is 2. The van der Waals surface area contributed by atoms with Crippen molar-refractivity contribution in [3.05, 3.63) is 52.6 Å². The van der Waals surface area contributed by atoms with E-state index >= 15 is 0 Å². The molecule has 0 aliphatic carbocycles. The zero-order valence-electron chi connectivity index (χ0n) is 23.0. The SMILES string of the molecule is C=CC(=O)N1CCN(c2nc(OCC3CCCN3C)nc3c2CC(C)=C(c2c(C)ccc4c2CNN4)O3)CC1. The maximum atomic E-state index is 12.2. The summed E-state index contributed by atoms with van der Waals surface area (Å²) >= 11 is 0. The number of rotatable bonds is 6. The van der Waals surface area contributed by atoms with Crippen LogP contribution in [0.5, 0.6) is 11.9 Å². The molecular formula is C29H37N7O3. The summed E-state index contributed by atoms with van der Waals surface area (Å²) in [6.07, 6.45) is 4.35. The maximum Gasteiger partial charge on any atom is 0.321 e. The quantitative estimate of drug-likeness (QED) is 0.546. The number of nitrogens with zero attached hydrogens (tertiary/aromatic N) is 5. The smallest absolute Gasteiger partial charge is 0.321 e. The van der Waals surface area contributed by atoms with E-state index in [1.54, 1.807) is 0 Å². The fourth-order valence-corrected chi connectivity index (χ4v) is 6.03. The predicted molar refractivity (Wildman–Crippen MR) is 151 cm³/mol. The van der Waals surface area contributed by atoms with E-state index in [9.17, 15) is 4.79 Å². The third kappa shape index (κ3) is 4.83. The van der Waals surface area contributed by atoms with Crippen molar-refractivity contribution in [2.24, 2.45) is 0 Å². The minimum atomic E-state index is -0.0365. The van der Waals surface area contributed by atoms with Crippen LogP contribution in [0.2, 0.25) is 0 Å². The van der Waals surface area contributed by atoms with Gasteiger partial charge in [-0.15, -0.1) is 0 Å². The van der Waals surface area contributed by atoms with Crippen LogP contribution in [0.25, 0.3) is 5.76 Å². The van der Waals surface area contributed by atoms with E-state index in [0.29, 0.717) is 57.1 Å². The van der Waals surface area contributed by atoms with Crippen LogP contribution in [0.4, 0.5) is 11.5 Å². The molecule has 1 aromatic carbocycles. The number of amides is 1. The van der Waals surface area contributed by atoms with Crippen LogP contribution in [-0.4, -0.2) is 78.1 Å². The highest BCUT2D eigenvalue weighted by Gasteiger charge is 2.32. The molecule has 6 rings (SSSR count). The monoisotopic (exact) mass is 531 g/mol. The van der Waals surface area contributed by atoms with Gasteiger partial charge in [0.25, 0.3) is 0 Å². The molecule has 1 aromatic heterocycles. The number of ether oxygens (including phenoxy) is 2. The summed E-state index contributed by atoms with van der Waals surface area (Å²) in [7, 11) is 2.14.